The van der Waals surface area contributed by atoms with E-state index < -0.39 is 6.29 Å². The van der Waals surface area contributed by atoms with Crippen LogP contribution in [0.5, 0.6) is 0 Å². The molecule has 4 nitrogen and oxygen atoms in total. The second kappa shape index (κ2) is 6.86. The van der Waals surface area contributed by atoms with Gasteiger partial charge in [0.05, 0.1) is 6.10 Å². The van der Waals surface area contributed by atoms with Crippen molar-refractivity contribution in [2.75, 3.05) is 32.7 Å². The van der Waals surface area contributed by atoms with Crippen LogP contribution in [0.4, 0.5) is 0 Å². The number of fused-ring (bicyclic) bond motifs is 2. The van der Waals surface area contributed by atoms with Gasteiger partial charge in [0.1, 0.15) is 0 Å². The van der Waals surface area contributed by atoms with Crippen molar-refractivity contribution in [3.05, 3.63) is 0 Å². The Balaban J connectivity index is 1.55. The lowest BCUT2D eigenvalue weighted by molar-refractivity contribution is -0.291. The Morgan fingerprint density at radius 1 is 1.17 bits per heavy atom. The van der Waals surface area contributed by atoms with Crippen molar-refractivity contribution in [2.45, 2.75) is 77.2 Å². The van der Waals surface area contributed by atoms with Crippen molar-refractivity contribution < 1.29 is 9.84 Å². The molecule has 4 heteroatoms. The van der Waals surface area contributed by atoms with E-state index in [9.17, 15) is 5.11 Å². The van der Waals surface area contributed by atoms with Gasteiger partial charge in [0.2, 0.25) is 0 Å². The molecule has 4 rings (SSSR count). The fourth-order valence-electron chi connectivity index (χ4n) is 6.48. The molecule has 4 aliphatic rings. The van der Waals surface area contributed by atoms with E-state index in [1.165, 1.54) is 51.6 Å². The first-order valence-corrected chi connectivity index (χ1v) is 10.5. The number of hydrogen-bond acceptors (Lipinski definition) is 4. The standard InChI is InChI=1S/C20H36N2O2/c1-3-21(4-2)13-15-12-20-10-7-8-16(18(20)24-19(15)23)17-9-5-6-11-22(17)14-20/h15-19,23H,3-14H2,1-2H3/t15-,16+,17-,18?,19-,20+/m1/s1. The second-order valence-corrected chi connectivity index (χ2v) is 8.85. The lowest BCUT2D eigenvalue weighted by Gasteiger charge is -2.63. The molecule has 3 saturated heterocycles. The summed E-state index contributed by atoms with van der Waals surface area (Å²) in [6, 6.07) is 0.726. The van der Waals surface area contributed by atoms with E-state index in [1.54, 1.807) is 0 Å². The molecule has 0 spiro atoms. The summed E-state index contributed by atoms with van der Waals surface area (Å²) < 4.78 is 6.40. The molecule has 1 N–H and O–H groups in total. The quantitative estimate of drug-likeness (QED) is 0.856. The minimum Gasteiger partial charge on any atom is -0.368 e. The first-order chi connectivity index (χ1) is 11.7. The van der Waals surface area contributed by atoms with Crippen LogP contribution in [0.25, 0.3) is 0 Å². The van der Waals surface area contributed by atoms with Gasteiger partial charge >= 0.3 is 0 Å². The molecule has 0 aromatic heterocycles. The third kappa shape index (κ3) is 2.84. The van der Waals surface area contributed by atoms with E-state index in [0.29, 0.717) is 17.4 Å². The number of hydrogen-bond donors (Lipinski definition) is 1. The Morgan fingerprint density at radius 2 is 2.00 bits per heavy atom. The van der Waals surface area contributed by atoms with Crippen LogP contribution in [0.1, 0.15) is 58.8 Å². The molecule has 1 unspecified atom stereocenters. The Labute approximate surface area is 147 Å². The fraction of sp³-hybridized carbons (Fsp3) is 1.00. The maximum Gasteiger partial charge on any atom is 0.159 e. The Bertz CT molecular complexity index is 441. The van der Waals surface area contributed by atoms with Crippen LogP contribution in [0.2, 0.25) is 0 Å². The first kappa shape index (κ1) is 17.3. The fourth-order valence-corrected chi connectivity index (χ4v) is 6.48. The third-order valence-corrected chi connectivity index (χ3v) is 7.63. The monoisotopic (exact) mass is 336 g/mol. The second-order valence-electron chi connectivity index (χ2n) is 8.85. The third-order valence-electron chi connectivity index (χ3n) is 7.63. The van der Waals surface area contributed by atoms with E-state index in [1.807, 2.05) is 0 Å². The molecule has 3 aliphatic heterocycles. The van der Waals surface area contributed by atoms with Crippen molar-refractivity contribution in [3.8, 4) is 0 Å². The number of ether oxygens (including phenoxy) is 1. The lowest BCUT2D eigenvalue weighted by Crippen LogP contribution is -2.68. The van der Waals surface area contributed by atoms with E-state index in [4.69, 9.17) is 4.74 Å². The predicted molar refractivity (Wildman–Crippen MR) is 95.8 cm³/mol. The van der Waals surface area contributed by atoms with Gasteiger partial charge in [-0.15, -0.1) is 0 Å². The van der Waals surface area contributed by atoms with Crippen LogP contribution in [0, 0.1) is 17.3 Å². The van der Waals surface area contributed by atoms with Gasteiger partial charge in [0, 0.05) is 36.4 Å². The summed E-state index contributed by atoms with van der Waals surface area (Å²) in [6.45, 7) is 10.1. The van der Waals surface area contributed by atoms with E-state index in [0.717, 1.165) is 32.1 Å². The summed E-state index contributed by atoms with van der Waals surface area (Å²) in [5.41, 5.74) is 0.313. The summed E-state index contributed by atoms with van der Waals surface area (Å²) in [7, 11) is 0. The van der Waals surface area contributed by atoms with Gasteiger partial charge in [0.25, 0.3) is 0 Å². The highest BCUT2D eigenvalue weighted by atomic mass is 16.6. The van der Waals surface area contributed by atoms with Gasteiger partial charge in [-0.25, -0.2) is 0 Å². The van der Waals surface area contributed by atoms with Gasteiger partial charge in [0.15, 0.2) is 6.29 Å². The van der Waals surface area contributed by atoms with Crippen LogP contribution in [-0.4, -0.2) is 66.1 Å². The van der Waals surface area contributed by atoms with Crippen LogP contribution in [-0.2, 0) is 4.74 Å². The highest BCUT2D eigenvalue weighted by Crippen LogP contribution is 2.55. The molecule has 1 saturated carbocycles. The number of nitrogens with zero attached hydrogens (tertiary/aromatic N) is 2. The highest BCUT2D eigenvalue weighted by molar-refractivity contribution is 5.09. The molecule has 4 fully saturated rings. The van der Waals surface area contributed by atoms with Gasteiger partial charge in [-0.05, 0) is 51.7 Å². The SMILES string of the molecule is CCN(CC)C[C@H]1C[C@]23CCC[C@H](C2O[C@H]1O)[C@H]1CCCCN1C3. The van der Waals surface area contributed by atoms with Crippen molar-refractivity contribution in [3.63, 3.8) is 0 Å². The average Bonchev–Trinajstić information content (AvgIpc) is 2.59. The molecule has 1 aliphatic carbocycles. The van der Waals surface area contributed by atoms with Gasteiger partial charge in [-0.1, -0.05) is 26.7 Å². The Kier molecular flexibility index (Phi) is 4.94. The van der Waals surface area contributed by atoms with Crippen molar-refractivity contribution in [1.29, 1.82) is 0 Å². The number of aliphatic hydroxyl groups is 1. The molecule has 0 radical (unpaired) electrons. The summed E-state index contributed by atoms with van der Waals surface area (Å²) in [4.78, 5) is 5.25. The van der Waals surface area contributed by atoms with Gasteiger partial charge < -0.3 is 14.7 Å². The smallest absolute Gasteiger partial charge is 0.159 e. The molecular formula is C20H36N2O2. The van der Waals surface area contributed by atoms with Crippen LogP contribution in [0.3, 0.4) is 0 Å². The average molecular weight is 337 g/mol. The van der Waals surface area contributed by atoms with Crippen LogP contribution in [0.15, 0.2) is 0 Å². The highest BCUT2D eigenvalue weighted by Gasteiger charge is 2.59. The van der Waals surface area contributed by atoms with Gasteiger partial charge in [-0.3, -0.25) is 4.90 Å². The van der Waals surface area contributed by atoms with Crippen molar-refractivity contribution in [1.82, 2.24) is 9.80 Å². The minimum atomic E-state index is -0.556. The van der Waals surface area contributed by atoms with Crippen molar-refractivity contribution in [2.24, 2.45) is 17.3 Å². The molecule has 0 aromatic carbocycles. The van der Waals surface area contributed by atoms with E-state index >= 15 is 0 Å². The molecule has 6 atom stereocenters. The summed E-state index contributed by atoms with van der Waals surface area (Å²) in [6.07, 6.45) is 8.99. The Morgan fingerprint density at radius 3 is 2.79 bits per heavy atom. The van der Waals surface area contributed by atoms with E-state index in [2.05, 4.69) is 23.6 Å². The molecule has 138 valence electrons. The number of piperidine rings is 2. The normalized spacial score (nSPS) is 45.8. The zero-order valence-corrected chi connectivity index (χ0v) is 15.6. The minimum absolute atomic E-state index is 0.279. The zero-order valence-electron chi connectivity index (χ0n) is 15.6. The van der Waals surface area contributed by atoms with Crippen LogP contribution < -0.4 is 0 Å². The Hall–Kier alpha value is -0.160. The maximum absolute atomic E-state index is 10.7. The number of aliphatic hydroxyl groups excluding tert-OH is 1. The summed E-state index contributed by atoms with van der Waals surface area (Å²) in [5, 5.41) is 10.7. The van der Waals surface area contributed by atoms with Gasteiger partial charge in [-0.2, -0.15) is 0 Å². The molecule has 24 heavy (non-hydrogen) atoms. The predicted octanol–water partition coefficient (Wildman–Crippen LogP) is 2.71. The summed E-state index contributed by atoms with van der Waals surface area (Å²) >= 11 is 0. The first-order valence-electron chi connectivity index (χ1n) is 10.5. The maximum atomic E-state index is 10.7. The van der Waals surface area contributed by atoms with Crippen molar-refractivity contribution >= 4 is 0 Å². The topological polar surface area (TPSA) is 35.9 Å². The van der Waals surface area contributed by atoms with Crippen LogP contribution >= 0.6 is 0 Å². The molecule has 0 aromatic rings. The van der Waals surface area contributed by atoms with E-state index in [-0.39, 0.29) is 5.92 Å². The number of rotatable bonds is 4. The zero-order chi connectivity index (χ0) is 16.7. The lowest BCUT2D eigenvalue weighted by atomic mass is 9.56. The molecular weight excluding hydrogens is 300 g/mol. The largest absolute Gasteiger partial charge is 0.368 e. The molecule has 2 bridgehead atoms. The molecule has 3 heterocycles. The molecule has 0 amide bonds. The summed E-state index contributed by atoms with van der Waals surface area (Å²) in [5.74, 6) is 0.943.